The first kappa shape index (κ1) is 44.4. The third-order valence-electron chi connectivity index (χ3n) is 8.99. The Balaban J connectivity index is 1.89. The number of alkyl carbamates (subject to hydrolysis) is 1. The molecule has 15 heteroatoms. The van der Waals surface area contributed by atoms with Crippen LogP contribution in [0, 0.1) is 0 Å². The maximum absolute atomic E-state index is 13.9. The molecule has 2 aromatic rings. The maximum atomic E-state index is 13.9. The molecule has 1 saturated heterocycles. The second kappa shape index (κ2) is 23.0. The highest BCUT2D eigenvalue weighted by Gasteiger charge is 2.30. The van der Waals surface area contributed by atoms with Crippen molar-refractivity contribution < 1.29 is 38.6 Å². The summed E-state index contributed by atoms with van der Waals surface area (Å²) in [6, 6.07) is 14.8. The SMILES string of the molecule is CC(C)(C)OC(=O)N[C@H]1CCCCNC(=O)CCC(=O)NCCCC[C@@H](C(N)=O)NC(=O)[C@H](Cc2ccccc2)NCC(O)[C@H](Cc2ccccc2)NC1=O. The maximum Gasteiger partial charge on any atom is 0.408 e. The van der Waals surface area contributed by atoms with Crippen LogP contribution < -0.4 is 37.6 Å². The van der Waals surface area contributed by atoms with Gasteiger partial charge in [-0.15, -0.1) is 0 Å². The number of aliphatic hydroxyl groups is 1. The van der Waals surface area contributed by atoms with E-state index in [1.807, 2.05) is 60.7 Å². The number of amides is 6. The Kier molecular flexibility index (Phi) is 18.6. The van der Waals surface area contributed by atoms with Crippen molar-refractivity contribution in [2.45, 2.75) is 121 Å². The zero-order chi connectivity index (χ0) is 40.2. The molecule has 1 aliphatic heterocycles. The van der Waals surface area contributed by atoms with Crippen molar-refractivity contribution in [1.29, 1.82) is 0 Å². The number of β-amino-alcohol motifs (C(OH)–C–C–N with tert-alkyl or cyclic N) is 1. The van der Waals surface area contributed by atoms with E-state index in [0.29, 0.717) is 38.8 Å². The molecule has 0 radical (unpaired) electrons. The van der Waals surface area contributed by atoms with Crippen LogP contribution in [0.15, 0.2) is 60.7 Å². The Morgan fingerprint density at radius 1 is 0.782 bits per heavy atom. The van der Waals surface area contributed by atoms with Crippen LogP contribution in [0.25, 0.3) is 0 Å². The molecule has 302 valence electrons. The summed E-state index contributed by atoms with van der Waals surface area (Å²) in [6.07, 6.45) is 0.860. The summed E-state index contributed by atoms with van der Waals surface area (Å²) in [7, 11) is 0. The van der Waals surface area contributed by atoms with Gasteiger partial charge in [0.2, 0.25) is 29.5 Å². The summed E-state index contributed by atoms with van der Waals surface area (Å²) in [5.74, 6) is -2.33. The number of rotatable bonds is 6. The van der Waals surface area contributed by atoms with E-state index in [9.17, 15) is 33.9 Å². The molecule has 2 aromatic carbocycles. The third kappa shape index (κ3) is 17.8. The van der Waals surface area contributed by atoms with Crippen molar-refractivity contribution in [2.24, 2.45) is 5.73 Å². The van der Waals surface area contributed by atoms with Gasteiger partial charge in [-0.2, -0.15) is 0 Å². The fraction of sp³-hybridized carbons (Fsp3) is 0.550. The molecule has 0 spiro atoms. The summed E-state index contributed by atoms with van der Waals surface area (Å²) in [6.45, 7) is 5.64. The lowest BCUT2D eigenvalue weighted by molar-refractivity contribution is -0.129. The smallest absolute Gasteiger partial charge is 0.408 e. The number of hydrogen-bond acceptors (Lipinski definition) is 9. The molecule has 0 saturated carbocycles. The molecular formula is C40H59N7O8. The van der Waals surface area contributed by atoms with Crippen molar-refractivity contribution in [3.05, 3.63) is 71.8 Å². The van der Waals surface area contributed by atoms with Crippen LogP contribution in [0.2, 0.25) is 0 Å². The fourth-order valence-corrected chi connectivity index (χ4v) is 6.03. The van der Waals surface area contributed by atoms with Crippen LogP contribution in [-0.4, -0.2) is 96.2 Å². The molecule has 5 atom stereocenters. The summed E-state index contributed by atoms with van der Waals surface area (Å²) in [5, 5.41) is 28.7. The summed E-state index contributed by atoms with van der Waals surface area (Å²) < 4.78 is 5.43. The van der Waals surface area contributed by atoms with Crippen LogP contribution >= 0.6 is 0 Å². The van der Waals surface area contributed by atoms with Crippen molar-refractivity contribution in [2.75, 3.05) is 19.6 Å². The highest BCUT2D eigenvalue weighted by Crippen LogP contribution is 2.12. The van der Waals surface area contributed by atoms with E-state index in [4.69, 9.17) is 10.5 Å². The van der Waals surface area contributed by atoms with Gasteiger partial charge < -0.3 is 47.5 Å². The minimum atomic E-state index is -1.20. The first-order valence-corrected chi connectivity index (χ1v) is 19.1. The van der Waals surface area contributed by atoms with Gasteiger partial charge in [-0.3, -0.25) is 24.0 Å². The molecule has 0 aliphatic carbocycles. The predicted octanol–water partition coefficient (Wildman–Crippen LogP) is 1.51. The second-order valence-electron chi connectivity index (χ2n) is 14.9. The van der Waals surface area contributed by atoms with Gasteiger partial charge >= 0.3 is 6.09 Å². The van der Waals surface area contributed by atoms with E-state index in [1.165, 1.54) is 0 Å². The van der Waals surface area contributed by atoms with Gasteiger partial charge in [0, 0.05) is 32.5 Å². The number of benzene rings is 2. The Hall–Kier alpha value is -5.02. The van der Waals surface area contributed by atoms with Crippen LogP contribution in [0.5, 0.6) is 0 Å². The average Bonchev–Trinajstić information content (AvgIpc) is 3.13. The molecule has 6 amide bonds. The van der Waals surface area contributed by atoms with Gasteiger partial charge in [-0.25, -0.2) is 4.79 Å². The van der Waals surface area contributed by atoms with Crippen molar-refractivity contribution in [1.82, 2.24) is 31.9 Å². The van der Waals surface area contributed by atoms with Crippen LogP contribution in [-0.2, 0) is 41.6 Å². The summed E-state index contributed by atoms with van der Waals surface area (Å²) >= 11 is 0. The third-order valence-corrected chi connectivity index (χ3v) is 8.99. The summed E-state index contributed by atoms with van der Waals surface area (Å²) in [5.41, 5.74) is 6.53. The number of ether oxygens (including phenoxy) is 1. The molecular weight excluding hydrogens is 706 g/mol. The number of nitrogens with two attached hydrogens (primary N) is 1. The highest BCUT2D eigenvalue weighted by atomic mass is 16.6. The van der Waals surface area contributed by atoms with Crippen LogP contribution in [0.1, 0.15) is 83.3 Å². The van der Waals surface area contributed by atoms with Gasteiger partial charge in [-0.05, 0) is 83.3 Å². The lowest BCUT2D eigenvalue weighted by atomic mass is 9.99. The molecule has 1 aliphatic rings. The number of carbonyl (C=O) groups is 6. The quantitative estimate of drug-likeness (QED) is 0.213. The van der Waals surface area contributed by atoms with E-state index in [2.05, 4.69) is 31.9 Å². The molecule has 1 unspecified atom stereocenters. The Bertz CT molecular complexity index is 1540. The lowest BCUT2D eigenvalue weighted by Crippen LogP contribution is -2.57. The minimum Gasteiger partial charge on any atom is -0.444 e. The fourth-order valence-electron chi connectivity index (χ4n) is 6.03. The molecule has 1 heterocycles. The summed E-state index contributed by atoms with van der Waals surface area (Å²) in [4.78, 5) is 77.6. The zero-order valence-electron chi connectivity index (χ0n) is 32.2. The standard InChI is InChI=1S/C40H59N7O8/c1-40(2,3)55-39(54)47-30-19-11-13-23-43-35(50)21-20-34(49)42-22-12-10-18-29(36(41)51)45-38(53)32(25-28-16-8-5-9-17-28)44-26-33(48)31(46-37(30)52)24-27-14-6-4-7-15-27/h4-9,14-17,29-33,44,48H,10-13,18-26H2,1-3H3,(H2,41,51)(H,42,49)(H,43,50)(H,45,53)(H,46,52)(H,47,54)/t29-,30-,31-,32-,33?/m0/s1. The van der Waals surface area contributed by atoms with E-state index in [1.54, 1.807) is 20.8 Å². The van der Waals surface area contributed by atoms with Crippen LogP contribution in [0.3, 0.4) is 0 Å². The second-order valence-corrected chi connectivity index (χ2v) is 14.9. The van der Waals surface area contributed by atoms with Gasteiger partial charge in [0.25, 0.3) is 0 Å². The largest absolute Gasteiger partial charge is 0.444 e. The molecule has 9 N–H and O–H groups in total. The first-order chi connectivity index (χ1) is 26.2. The number of aliphatic hydroxyl groups excluding tert-OH is 1. The molecule has 1 fully saturated rings. The number of carbonyl (C=O) groups excluding carboxylic acids is 6. The average molecular weight is 766 g/mol. The van der Waals surface area contributed by atoms with Crippen molar-refractivity contribution in [3.8, 4) is 0 Å². The molecule has 0 aromatic heterocycles. The van der Waals surface area contributed by atoms with Gasteiger partial charge in [-0.1, -0.05) is 60.7 Å². The van der Waals surface area contributed by atoms with E-state index < -0.39 is 59.7 Å². The highest BCUT2D eigenvalue weighted by molar-refractivity contribution is 5.89. The monoisotopic (exact) mass is 765 g/mol. The topological polar surface area (TPSA) is 230 Å². The van der Waals surface area contributed by atoms with Gasteiger partial charge in [0.1, 0.15) is 17.7 Å². The molecule has 15 nitrogen and oxygen atoms in total. The van der Waals surface area contributed by atoms with Crippen molar-refractivity contribution in [3.63, 3.8) is 0 Å². The number of hydrogen-bond donors (Lipinski definition) is 8. The molecule has 55 heavy (non-hydrogen) atoms. The number of nitrogens with one attached hydrogen (secondary N) is 6. The van der Waals surface area contributed by atoms with Gasteiger partial charge in [0.05, 0.1) is 18.2 Å². The van der Waals surface area contributed by atoms with E-state index in [-0.39, 0.29) is 56.9 Å². The Morgan fingerprint density at radius 2 is 1.33 bits per heavy atom. The minimum absolute atomic E-state index is 0.000340. The number of primary amides is 1. The Morgan fingerprint density at radius 3 is 1.87 bits per heavy atom. The molecule has 3 rings (SSSR count). The first-order valence-electron chi connectivity index (χ1n) is 19.1. The van der Waals surface area contributed by atoms with E-state index in [0.717, 1.165) is 11.1 Å². The normalized spacial score (nSPS) is 23.7. The van der Waals surface area contributed by atoms with E-state index >= 15 is 0 Å². The van der Waals surface area contributed by atoms with Crippen molar-refractivity contribution >= 4 is 35.6 Å². The predicted molar refractivity (Wildman–Crippen MR) is 207 cm³/mol. The zero-order valence-corrected chi connectivity index (χ0v) is 32.2. The Labute approximate surface area is 323 Å². The molecule has 0 bridgehead atoms. The van der Waals surface area contributed by atoms with Gasteiger partial charge in [0.15, 0.2) is 0 Å². The lowest BCUT2D eigenvalue weighted by Gasteiger charge is -2.29. The van der Waals surface area contributed by atoms with Crippen LogP contribution in [0.4, 0.5) is 4.79 Å².